The summed E-state index contributed by atoms with van der Waals surface area (Å²) in [6.45, 7) is 1.95. The van der Waals surface area contributed by atoms with Gasteiger partial charge in [0, 0.05) is 45.2 Å². The van der Waals surface area contributed by atoms with Gasteiger partial charge >= 0.3 is 0 Å². The van der Waals surface area contributed by atoms with Crippen LogP contribution < -0.4 is 4.74 Å². The lowest BCUT2D eigenvalue weighted by molar-refractivity contribution is -0.239. The SMILES string of the molecule is COCO[C@]12Cc3cc(ccn3)OCCCCCCCCCCCOC[C@@H]1N(COC)C2=O. The third kappa shape index (κ3) is 7.12. The summed E-state index contributed by atoms with van der Waals surface area (Å²) in [6.07, 6.45) is 12.8. The fraction of sp³-hybridized carbons (Fsp3) is 0.760. The maximum Gasteiger partial charge on any atom is 0.259 e. The van der Waals surface area contributed by atoms with Crippen molar-refractivity contribution in [2.24, 2.45) is 0 Å². The number of fused-ring (bicyclic) bond motifs is 3. The van der Waals surface area contributed by atoms with Crippen LogP contribution in [0.1, 0.15) is 63.5 Å². The summed E-state index contributed by atoms with van der Waals surface area (Å²) in [7, 11) is 3.13. The molecule has 1 fully saturated rings. The van der Waals surface area contributed by atoms with Gasteiger partial charge in [0.15, 0.2) is 5.60 Å². The molecule has 0 aliphatic carbocycles. The van der Waals surface area contributed by atoms with Crippen molar-refractivity contribution < 1.29 is 28.5 Å². The van der Waals surface area contributed by atoms with Crippen LogP contribution in [0.4, 0.5) is 0 Å². The van der Waals surface area contributed by atoms with Crippen molar-refractivity contribution in [3.05, 3.63) is 24.0 Å². The number of carbonyl (C=O) groups is 1. The molecule has 0 N–H and O–H groups in total. The van der Waals surface area contributed by atoms with Crippen LogP contribution in [-0.2, 0) is 30.2 Å². The predicted molar refractivity (Wildman–Crippen MR) is 124 cm³/mol. The fourth-order valence-electron chi connectivity index (χ4n) is 4.63. The second-order valence-corrected chi connectivity index (χ2v) is 8.91. The normalized spacial score (nSPS) is 26.1. The van der Waals surface area contributed by atoms with Gasteiger partial charge in [-0.1, -0.05) is 44.9 Å². The summed E-state index contributed by atoms with van der Waals surface area (Å²) in [4.78, 5) is 19.4. The van der Waals surface area contributed by atoms with Crippen molar-refractivity contribution in [3.63, 3.8) is 0 Å². The van der Waals surface area contributed by atoms with E-state index in [0.29, 0.717) is 26.2 Å². The fourth-order valence-corrected chi connectivity index (χ4v) is 4.63. The Morgan fingerprint density at radius 1 is 1.03 bits per heavy atom. The number of hydrogen-bond acceptors (Lipinski definition) is 7. The number of amides is 1. The molecule has 2 aliphatic heterocycles. The van der Waals surface area contributed by atoms with E-state index in [1.54, 1.807) is 25.3 Å². The summed E-state index contributed by atoms with van der Waals surface area (Å²) in [5, 5.41) is 0. The molecule has 3 heterocycles. The van der Waals surface area contributed by atoms with E-state index in [0.717, 1.165) is 24.3 Å². The van der Waals surface area contributed by atoms with Gasteiger partial charge in [0.1, 0.15) is 19.3 Å². The molecule has 1 aromatic rings. The smallest absolute Gasteiger partial charge is 0.259 e. The van der Waals surface area contributed by atoms with Gasteiger partial charge < -0.3 is 28.6 Å². The van der Waals surface area contributed by atoms with Gasteiger partial charge in [-0.05, 0) is 18.9 Å². The highest BCUT2D eigenvalue weighted by Crippen LogP contribution is 2.38. The largest absolute Gasteiger partial charge is 0.493 e. The molecule has 1 aromatic heterocycles. The molecule has 1 saturated heterocycles. The lowest BCUT2D eigenvalue weighted by atomic mass is 9.78. The van der Waals surface area contributed by atoms with E-state index in [1.807, 2.05) is 12.1 Å². The summed E-state index contributed by atoms with van der Waals surface area (Å²) in [5.74, 6) is 0.634. The quantitative estimate of drug-likeness (QED) is 0.485. The zero-order valence-corrected chi connectivity index (χ0v) is 20.3. The van der Waals surface area contributed by atoms with Gasteiger partial charge in [-0.2, -0.15) is 0 Å². The highest BCUT2D eigenvalue weighted by Gasteiger charge is 2.62. The Balaban J connectivity index is 1.77. The van der Waals surface area contributed by atoms with Crippen LogP contribution in [0.25, 0.3) is 0 Å². The van der Waals surface area contributed by atoms with Gasteiger partial charge in [-0.15, -0.1) is 0 Å². The maximum atomic E-state index is 13.3. The van der Waals surface area contributed by atoms with Crippen molar-refractivity contribution in [1.29, 1.82) is 0 Å². The molecular formula is C25H40N2O6. The number of hydrogen-bond donors (Lipinski definition) is 0. The van der Waals surface area contributed by atoms with Crippen molar-refractivity contribution in [1.82, 2.24) is 9.88 Å². The van der Waals surface area contributed by atoms with Crippen LogP contribution in [0.3, 0.4) is 0 Å². The monoisotopic (exact) mass is 464 g/mol. The molecule has 8 nitrogen and oxygen atoms in total. The zero-order valence-electron chi connectivity index (χ0n) is 20.3. The molecule has 2 atom stereocenters. The van der Waals surface area contributed by atoms with Crippen LogP contribution in [-0.4, -0.2) is 75.0 Å². The molecule has 8 heteroatoms. The minimum Gasteiger partial charge on any atom is -0.493 e. The van der Waals surface area contributed by atoms with Crippen LogP contribution in [0, 0.1) is 0 Å². The van der Waals surface area contributed by atoms with E-state index in [9.17, 15) is 4.79 Å². The van der Waals surface area contributed by atoms with Gasteiger partial charge in [-0.25, -0.2) is 0 Å². The van der Waals surface area contributed by atoms with Crippen LogP contribution in [0.2, 0.25) is 0 Å². The van der Waals surface area contributed by atoms with Crippen LogP contribution in [0.15, 0.2) is 18.3 Å². The van der Waals surface area contributed by atoms with Crippen molar-refractivity contribution in [3.8, 4) is 5.75 Å². The van der Waals surface area contributed by atoms with E-state index in [1.165, 1.54) is 44.9 Å². The Kier molecular flexibility index (Phi) is 10.9. The van der Waals surface area contributed by atoms with Crippen LogP contribution in [0.5, 0.6) is 5.75 Å². The van der Waals surface area contributed by atoms with Crippen molar-refractivity contribution >= 4 is 5.91 Å². The summed E-state index contributed by atoms with van der Waals surface area (Å²) < 4.78 is 28.5. The molecule has 0 aromatic carbocycles. The molecule has 0 radical (unpaired) electrons. The maximum absolute atomic E-state index is 13.3. The van der Waals surface area contributed by atoms with E-state index in [2.05, 4.69) is 4.98 Å². The first-order valence-electron chi connectivity index (χ1n) is 12.3. The molecular weight excluding hydrogens is 424 g/mol. The molecule has 2 bridgehead atoms. The van der Waals surface area contributed by atoms with E-state index >= 15 is 0 Å². The highest BCUT2D eigenvalue weighted by atomic mass is 16.7. The standard InChI is InChI=1S/C25H40N2O6/c1-29-19-27-23-18-31-14-10-8-6-4-3-5-7-9-11-15-32-22-12-13-26-21(16-22)17-25(23,24(27)28)33-20-30-2/h12-13,16,23H,3-11,14-15,17-20H2,1-2H3/t23-,25+/m0/s1. The zero-order chi connectivity index (χ0) is 23.4. The summed E-state index contributed by atoms with van der Waals surface area (Å²) in [6, 6.07) is 3.48. The first-order valence-corrected chi connectivity index (χ1v) is 12.3. The molecule has 33 heavy (non-hydrogen) atoms. The number of β-lactam (4-membered cyclic amide) rings is 1. The van der Waals surface area contributed by atoms with E-state index in [-0.39, 0.29) is 25.5 Å². The Hall–Kier alpha value is -1.74. The minimum atomic E-state index is -1.10. The summed E-state index contributed by atoms with van der Waals surface area (Å²) >= 11 is 0. The van der Waals surface area contributed by atoms with E-state index < -0.39 is 5.60 Å². The second kappa shape index (κ2) is 13.8. The van der Waals surface area contributed by atoms with Crippen molar-refractivity contribution in [2.45, 2.75) is 75.9 Å². The van der Waals surface area contributed by atoms with Gasteiger partial charge in [0.05, 0.1) is 19.3 Å². The van der Waals surface area contributed by atoms with Gasteiger partial charge in [0.25, 0.3) is 5.91 Å². The first-order chi connectivity index (χ1) is 16.2. The van der Waals surface area contributed by atoms with Crippen molar-refractivity contribution in [2.75, 3.05) is 47.6 Å². The molecule has 1 amide bonds. The molecule has 2 aliphatic rings. The van der Waals surface area contributed by atoms with E-state index in [4.69, 9.17) is 23.7 Å². The number of methoxy groups -OCH3 is 2. The van der Waals surface area contributed by atoms with Crippen LogP contribution >= 0.6 is 0 Å². The number of carbonyl (C=O) groups excluding carboxylic acids is 1. The molecule has 0 saturated carbocycles. The summed E-state index contributed by atoms with van der Waals surface area (Å²) in [5.41, 5.74) is -0.352. The number of ether oxygens (including phenoxy) is 5. The average Bonchev–Trinajstić information content (AvgIpc) is 2.83. The molecule has 0 unspecified atom stereocenters. The highest BCUT2D eigenvalue weighted by molar-refractivity contribution is 5.93. The number of rotatable bonds is 5. The second-order valence-electron chi connectivity index (χ2n) is 8.91. The molecule has 0 spiro atoms. The lowest BCUT2D eigenvalue weighted by Crippen LogP contribution is -2.77. The Labute approximate surface area is 197 Å². The third-order valence-corrected chi connectivity index (χ3v) is 6.45. The first kappa shape index (κ1) is 25.9. The van der Waals surface area contributed by atoms with Gasteiger partial charge in [0.2, 0.25) is 0 Å². The number of aromatic nitrogens is 1. The molecule has 186 valence electrons. The lowest BCUT2D eigenvalue weighted by Gasteiger charge is -2.54. The minimum absolute atomic E-state index is 0.0131. The average molecular weight is 465 g/mol. The number of likely N-dealkylation sites (tertiary alicyclic amines) is 1. The third-order valence-electron chi connectivity index (χ3n) is 6.45. The Morgan fingerprint density at radius 2 is 1.73 bits per heavy atom. The Bertz CT molecular complexity index is 718. The number of nitrogens with zero attached hydrogens (tertiary/aromatic N) is 2. The topological polar surface area (TPSA) is 79.3 Å². The van der Waals surface area contributed by atoms with Gasteiger partial charge in [-0.3, -0.25) is 9.78 Å². The Morgan fingerprint density at radius 3 is 2.42 bits per heavy atom. The number of pyridine rings is 1. The molecule has 3 rings (SSSR count). The predicted octanol–water partition coefficient (Wildman–Crippen LogP) is 3.72.